The Labute approximate surface area is 118 Å². The molecule has 0 fully saturated rings. The Hall–Kier alpha value is -2.67. The van der Waals surface area contributed by atoms with Crippen molar-refractivity contribution in [2.24, 2.45) is 0 Å². The Morgan fingerprint density at radius 3 is 2.60 bits per heavy atom. The number of amides is 1. The summed E-state index contributed by atoms with van der Waals surface area (Å²) in [6.07, 6.45) is 2.75. The second-order valence-electron chi connectivity index (χ2n) is 4.58. The molecule has 0 atom stereocenters. The van der Waals surface area contributed by atoms with Gasteiger partial charge >= 0.3 is 0 Å². The van der Waals surface area contributed by atoms with Gasteiger partial charge in [0.25, 0.3) is 0 Å². The normalized spacial score (nSPS) is 9.80. The number of carbonyl (C=O) groups is 1. The molecule has 0 aliphatic rings. The summed E-state index contributed by atoms with van der Waals surface area (Å²) in [6.45, 7) is 1.95. The molecule has 0 saturated heterocycles. The summed E-state index contributed by atoms with van der Waals surface area (Å²) in [5.74, 6) is 0.506. The highest BCUT2D eigenvalue weighted by atomic mass is 16.1. The lowest BCUT2D eigenvalue weighted by molar-refractivity contribution is -0.116. The van der Waals surface area contributed by atoms with E-state index in [2.05, 4.69) is 16.4 Å². The van der Waals surface area contributed by atoms with E-state index in [0.29, 0.717) is 24.2 Å². The van der Waals surface area contributed by atoms with Gasteiger partial charge in [-0.25, -0.2) is 4.98 Å². The van der Waals surface area contributed by atoms with E-state index in [1.54, 1.807) is 24.4 Å². The predicted molar refractivity (Wildman–Crippen MR) is 77.1 cm³/mol. The average molecular weight is 265 g/mol. The molecular weight excluding hydrogens is 250 g/mol. The maximum absolute atomic E-state index is 11.8. The van der Waals surface area contributed by atoms with Crippen LogP contribution >= 0.6 is 0 Å². The third-order valence-corrected chi connectivity index (χ3v) is 2.90. The van der Waals surface area contributed by atoms with Crippen molar-refractivity contribution in [1.82, 2.24) is 4.98 Å². The van der Waals surface area contributed by atoms with Crippen molar-refractivity contribution in [3.8, 4) is 6.07 Å². The Morgan fingerprint density at radius 2 is 2.00 bits per heavy atom. The summed E-state index contributed by atoms with van der Waals surface area (Å²) in [5, 5.41) is 11.5. The molecule has 1 aromatic heterocycles. The molecule has 1 amide bonds. The Kier molecular flexibility index (Phi) is 4.46. The number of benzene rings is 1. The first-order valence-corrected chi connectivity index (χ1v) is 6.39. The van der Waals surface area contributed by atoms with Crippen LogP contribution in [0.15, 0.2) is 42.6 Å². The Balaban J connectivity index is 1.85. The summed E-state index contributed by atoms with van der Waals surface area (Å²) in [7, 11) is 0. The van der Waals surface area contributed by atoms with Crippen LogP contribution in [0.25, 0.3) is 0 Å². The van der Waals surface area contributed by atoms with Crippen LogP contribution in [0.3, 0.4) is 0 Å². The molecule has 1 N–H and O–H groups in total. The molecule has 1 aromatic carbocycles. The fourth-order valence-corrected chi connectivity index (χ4v) is 1.75. The zero-order valence-electron chi connectivity index (χ0n) is 11.3. The number of aromatic nitrogens is 1. The zero-order valence-corrected chi connectivity index (χ0v) is 11.3. The number of nitriles is 1. The summed E-state index contributed by atoms with van der Waals surface area (Å²) >= 11 is 0. The molecule has 0 saturated carbocycles. The van der Waals surface area contributed by atoms with E-state index in [0.717, 1.165) is 11.1 Å². The van der Waals surface area contributed by atoms with Crippen LogP contribution in [0.5, 0.6) is 0 Å². The molecule has 2 aromatic rings. The van der Waals surface area contributed by atoms with Crippen molar-refractivity contribution >= 4 is 11.7 Å². The van der Waals surface area contributed by atoms with E-state index in [-0.39, 0.29) is 5.91 Å². The van der Waals surface area contributed by atoms with Crippen LogP contribution in [0.4, 0.5) is 5.82 Å². The quantitative estimate of drug-likeness (QED) is 0.924. The van der Waals surface area contributed by atoms with Gasteiger partial charge in [-0.05, 0) is 42.7 Å². The lowest BCUT2D eigenvalue weighted by atomic mass is 10.1. The molecule has 0 bridgehead atoms. The number of nitrogens with zero attached hydrogens (tertiary/aromatic N) is 2. The van der Waals surface area contributed by atoms with Crippen LogP contribution in [-0.2, 0) is 11.2 Å². The van der Waals surface area contributed by atoms with E-state index in [9.17, 15) is 4.79 Å². The Bertz CT molecular complexity index is 624. The van der Waals surface area contributed by atoms with Gasteiger partial charge < -0.3 is 5.32 Å². The highest BCUT2D eigenvalue weighted by Crippen LogP contribution is 2.08. The van der Waals surface area contributed by atoms with Gasteiger partial charge in [-0.3, -0.25) is 4.79 Å². The third kappa shape index (κ3) is 3.92. The van der Waals surface area contributed by atoms with Crippen LogP contribution in [0.2, 0.25) is 0 Å². The zero-order chi connectivity index (χ0) is 14.4. The number of nitrogens with one attached hydrogen (secondary N) is 1. The molecule has 0 unspecified atom stereocenters. The first-order valence-electron chi connectivity index (χ1n) is 6.39. The van der Waals surface area contributed by atoms with E-state index in [1.807, 2.05) is 25.1 Å². The second-order valence-corrected chi connectivity index (χ2v) is 4.58. The minimum Gasteiger partial charge on any atom is -0.311 e. The van der Waals surface area contributed by atoms with Gasteiger partial charge in [0, 0.05) is 12.6 Å². The monoisotopic (exact) mass is 265 g/mol. The lowest BCUT2D eigenvalue weighted by Crippen LogP contribution is -2.13. The third-order valence-electron chi connectivity index (χ3n) is 2.90. The van der Waals surface area contributed by atoms with E-state index >= 15 is 0 Å². The van der Waals surface area contributed by atoms with Crippen LogP contribution in [0, 0.1) is 18.3 Å². The second kappa shape index (κ2) is 6.48. The van der Waals surface area contributed by atoms with E-state index < -0.39 is 0 Å². The number of carbonyl (C=O) groups excluding carboxylic acids is 1. The predicted octanol–water partition coefficient (Wildman–Crippen LogP) is 2.83. The molecule has 4 nitrogen and oxygen atoms in total. The number of pyridine rings is 1. The summed E-state index contributed by atoms with van der Waals surface area (Å²) in [5.41, 5.74) is 2.72. The molecule has 0 aliphatic carbocycles. The first-order chi connectivity index (χ1) is 9.67. The van der Waals surface area contributed by atoms with Gasteiger partial charge in [-0.2, -0.15) is 5.26 Å². The lowest BCUT2D eigenvalue weighted by Gasteiger charge is -2.05. The van der Waals surface area contributed by atoms with Crippen molar-refractivity contribution in [3.05, 3.63) is 59.3 Å². The fraction of sp³-hybridized carbons (Fsp3) is 0.188. The topological polar surface area (TPSA) is 65.8 Å². The van der Waals surface area contributed by atoms with Gasteiger partial charge in [0.2, 0.25) is 5.91 Å². The highest BCUT2D eigenvalue weighted by molar-refractivity contribution is 5.89. The standard InChI is InChI=1S/C16H15N3O/c1-12-2-8-15(18-11-12)19-16(20)9-7-13-3-5-14(10-17)6-4-13/h2-6,8,11H,7,9H2,1H3,(H,18,19,20). The van der Waals surface area contributed by atoms with Crippen LogP contribution in [0.1, 0.15) is 23.1 Å². The molecule has 0 spiro atoms. The SMILES string of the molecule is Cc1ccc(NC(=O)CCc2ccc(C#N)cc2)nc1. The minimum absolute atomic E-state index is 0.0642. The number of anilines is 1. The number of hydrogen-bond donors (Lipinski definition) is 1. The highest BCUT2D eigenvalue weighted by Gasteiger charge is 2.04. The van der Waals surface area contributed by atoms with Gasteiger partial charge in [-0.15, -0.1) is 0 Å². The molecule has 1 heterocycles. The number of hydrogen-bond acceptors (Lipinski definition) is 3. The van der Waals surface area contributed by atoms with E-state index in [4.69, 9.17) is 5.26 Å². The molecule has 2 rings (SSSR count). The van der Waals surface area contributed by atoms with Crippen LogP contribution < -0.4 is 5.32 Å². The van der Waals surface area contributed by atoms with Crippen molar-refractivity contribution in [3.63, 3.8) is 0 Å². The van der Waals surface area contributed by atoms with Gasteiger partial charge in [0.1, 0.15) is 5.82 Å². The van der Waals surface area contributed by atoms with E-state index in [1.165, 1.54) is 0 Å². The largest absolute Gasteiger partial charge is 0.311 e. The summed E-state index contributed by atoms with van der Waals surface area (Å²) in [6, 6.07) is 13.0. The molecule has 0 aliphatic heterocycles. The first kappa shape index (κ1) is 13.8. The smallest absolute Gasteiger partial charge is 0.225 e. The Morgan fingerprint density at radius 1 is 1.25 bits per heavy atom. The summed E-state index contributed by atoms with van der Waals surface area (Å²) in [4.78, 5) is 15.9. The number of rotatable bonds is 4. The molecule has 4 heteroatoms. The van der Waals surface area contributed by atoms with Gasteiger partial charge in [0.05, 0.1) is 11.6 Å². The maximum Gasteiger partial charge on any atom is 0.225 e. The van der Waals surface area contributed by atoms with Crippen molar-refractivity contribution in [2.45, 2.75) is 19.8 Å². The van der Waals surface area contributed by atoms with Crippen molar-refractivity contribution in [1.29, 1.82) is 5.26 Å². The van der Waals surface area contributed by atoms with Crippen LogP contribution in [-0.4, -0.2) is 10.9 Å². The average Bonchev–Trinajstić information content (AvgIpc) is 2.48. The van der Waals surface area contributed by atoms with Gasteiger partial charge in [-0.1, -0.05) is 18.2 Å². The minimum atomic E-state index is -0.0642. The van der Waals surface area contributed by atoms with Gasteiger partial charge in [0.15, 0.2) is 0 Å². The van der Waals surface area contributed by atoms with Crippen molar-refractivity contribution < 1.29 is 4.79 Å². The molecule has 20 heavy (non-hydrogen) atoms. The fourth-order valence-electron chi connectivity index (χ4n) is 1.75. The number of aryl methyl sites for hydroxylation is 2. The summed E-state index contributed by atoms with van der Waals surface area (Å²) < 4.78 is 0. The molecular formula is C16H15N3O. The maximum atomic E-state index is 11.8. The molecule has 100 valence electrons. The van der Waals surface area contributed by atoms with Crippen molar-refractivity contribution in [2.75, 3.05) is 5.32 Å². The molecule has 0 radical (unpaired) electrons.